The summed E-state index contributed by atoms with van der Waals surface area (Å²) in [6, 6.07) is 1.71. The van der Waals surface area contributed by atoms with Gasteiger partial charge in [-0.15, -0.1) is 5.10 Å². The van der Waals surface area contributed by atoms with Gasteiger partial charge in [-0.05, 0) is 24.5 Å². The minimum Gasteiger partial charge on any atom is -0.476 e. The van der Waals surface area contributed by atoms with E-state index in [9.17, 15) is 18.0 Å². The van der Waals surface area contributed by atoms with Crippen molar-refractivity contribution in [2.45, 2.75) is 26.8 Å². The van der Waals surface area contributed by atoms with Crippen molar-refractivity contribution in [3.63, 3.8) is 0 Å². The molecule has 118 valence electrons. The molecule has 1 N–H and O–H groups in total. The van der Waals surface area contributed by atoms with E-state index in [0.717, 1.165) is 12.1 Å². The molecule has 0 amide bonds. The number of halogens is 3. The van der Waals surface area contributed by atoms with Gasteiger partial charge >= 0.3 is 5.97 Å². The maximum atomic E-state index is 14.0. The smallest absolute Gasteiger partial charge is 0.358 e. The molecule has 0 aliphatic carbocycles. The molecule has 1 heterocycles. The summed E-state index contributed by atoms with van der Waals surface area (Å²) in [5.74, 6) is -5.60. The molecule has 0 saturated heterocycles. The van der Waals surface area contributed by atoms with Crippen LogP contribution in [0.15, 0.2) is 12.1 Å². The van der Waals surface area contributed by atoms with Crippen LogP contribution >= 0.6 is 0 Å². The van der Waals surface area contributed by atoms with Gasteiger partial charge in [0.2, 0.25) is 0 Å². The number of aryl methyl sites for hydroxylation is 1. The fourth-order valence-electron chi connectivity index (χ4n) is 1.97. The van der Waals surface area contributed by atoms with Crippen LogP contribution < -0.4 is 0 Å². The third-order valence-corrected chi connectivity index (χ3v) is 3.15. The molecule has 0 bridgehead atoms. The molecule has 0 radical (unpaired) electrons. The molecule has 5 nitrogen and oxygen atoms in total. The van der Waals surface area contributed by atoms with Crippen LogP contribution in [-0.2, 0) is 6.54 Å². The lowest BCUT2D eigenvalue weighted by molar-refractivity contribution is 0.0691. The first-order valence-corrected chi connectivity index (χ1v) is 6.63. The molecule has 2 rings (SSSR count). The first-order chi connectivity index (χ1) is 10.3. The number of aromatic nitrogens is 3. The Balaban J connectivity index is 2.59. The standard InChI is InChI=1S/C14H14F3N3O2/c1-7(2)5-6-20-13(12(14(21)22)18-19-20)8-3-4-9(15)11(17)10(8)16/h3-4,7H,5-6H2,1-2H3,(H,21,22). The maximum absolute atomic E-state index is 14.0. The van der Waals surface area contributed by atoms with Crippen molar-refractivity contribution in [1.82, 2.24) is 15.0 Å². The average molecular weight is 313 g/mol. The van der Waals surface area contributed by atoms with Gasteiger partial charge in [0.15, 0.2) is 23.1 Å². The van der Waals surface area contributed by atoms with Gasteiger partial charge in [0, 0.05) is 12.1 Å². The minimum absolute atomic E-state index is 0.176. The minimum atomic E-state index is -1.66. The second-order valence-corrected chi connectivity index (χ2v) is 5.22. The van der Waals surface area contributed by atoms with Gasteiger partial charge in [-0.3, -0.25) is 0 Å². The van der Waals surface area contributed by atoms with E-state index in [1.807, 2.05) is 13.8 Å². The average Bonchev–Trinajstić information content (AvgIpc) is 2.86. The molecule has 0 aliphatic heterocycles. The van der Waals surface area contributed by atoms with Crippen LogP contribution in [0.25, 0.3) is 11.3 Å². The lowest BCUT2D eigenvalue weighted by Gasteiger charge is -2.10. The number of nitrogens with zero attached hydrogens (tertiary/aromatic N) is 3. The second kappa shape index (κ2) is 6.17. The zero-order valence-electron chi connectivity index (χ0n) is 12.0. The lowest BCUT2D eigenvalue weighted by atomic mass is 10.1. The Morgan fingerprint density at radius 2 is 1.95 bits per heavy atom. The van der Waals surface area contributed by atoms with Crippen molar-refractivity contribution in [3.8, 4) is 11.3 Å². The Morgan fingerprint density at radius 1 is 1.27 bits per heavy atom. The molecule has 1 aromatic carbocycles. The molecule has 1 aromatic heterocycles. The van der Waals surface area contributed by atoms with Crippen LogP contribution in [-0.4, -0.2) is 26.1 Å². The molecule has 8 heteroatoms. The van der Waals surface area contributed by atoms with E-state index < -0.39 is 29.1 Å². The molecule has 22 heavy (non-hydrogen) atoms. The summed E-state index contributed by atoms with van der Waals surface area (Å²) >= 11 is 0. The van der Waals surface area contributed by atoms with Gasteiger partial charge < -0.3 is 5.11 Å². The summed E-state index contributed by atoms with van der Waals surface area (Å²) in [6.07, 6.45) is 0.640. The van der Waals surface area contributed by atoms with Crippen LogP contribution in [0.5, 0.6) is 0 Å². The van der Waals surface area contributed by atoms with E-state index >= 15 is 0 Å². The van der Waals surface area contributed by atoms with E-state index in [0.29, 0.717) is 12.3 Å². The summed E-state index contributed by atoms with van der Waals surface area (Å²) in [5, 5.41) is 16.3. The second-order valence-electron chi connectivity index (χ2n) is 5.22. The van der Waals surface area contributed by atoms with Crippen LogP contribution in [0.4, 0.5) is 13.2 Å². The van der Waals surface area contributed by atoms with Crippen molar-refractivity contribution < 1.29 is 23.1 Å². The number of aromatic carboxylic acids is 1. The number of benzene rings is 1. The topological polar surface area (TPSA) is 68.0 Å². The number of hydrogen-bond donors (Lipinski definition) is 1. The van der Waals surface area contributed by atoms with E-state index in [2.05, 4.69) is 10.3 Å². The van der Waals surface area contributed by atoms with Crippen molar-refractivity contribution in [2.24, 2.45) is 5.92 Å². The molecule has 0 unspecified atom stereocenters. The Kier molecular flexibility index (Phi) is 4.48. The first kappa shape index (κ1) is 16.0. The largest absolute Gasteiger partial charge is 0.476 e. The molecule has 2 aromatic rings. The predicted octanol–water partition coefficient (Wildman–Crippen LogP) is 3.11. The van der Waals surface area contributed by atoms with Crippen LogP contribution in [0.2, 0.25) is 0 Å². The molecular formula is C14H14F3N3O2. The zero-order valence-corrected chi connectivity index (χ0v) is 12.0. The molecule has 0 atom stereocenters. The van der Waals surface area contributed by atoms with Gasteiger partial charge in [0.05, 0.1) is 0 Å². The molecule has 0 aliphatic rings. The van der Waals surface area contributed by atoms with Crippen LogP contribution in [0, 0.1) is 23.4 Å². The van der Waals surface area contributed by atoms with E-state index in [4.69, 9.17) is 5.11 Å². The fourth-order valence-corrected chi connectivity index (χ4v) is 1.97. The quantitative estimate of drug-likeness (QED) is 0.861. The molecule has 0 fully saturated rings. The molecule has 0 spiro atoms. The summed E-state index contributed by atoms with van der Waals surface area (Å²) in [7, 11) is 0. The number of hydrogen-bond acceptors (Lipinski definition) is 3. The van der Waals surface area contributed by atoms with Gasteiger partial charge in [-0.2, -0.15) is 0 Å². The number of carboxylic acids is 1. The summed E-state index contributed by atoms with van der Waals surface area (Å²) in [5.41, 5.74) is -1.07. The van der Waals surface area contributed by atoms with Crippen molar-refractivity contribution in [2.75, 3.05) is 0 Å². The number of carbonyl (C=O) groups is 1. The monoisotopic (exact) mass is 313 g/mol. The SMILES string of the molecule is CC(C)CCn1nnc(C(=O)O)c1-c1ccc(F)c(F)c1F. The van der Waals surface area contributed by atoms with Gasteiger partial charge in [-0.1, -0.05) is 19.1 Å². The van der Waals surface area contributed by atoms with Crippen LogP contribution in [0.3, 0.4) is 0 Å². The highest BCUT2D eigenvalue weighted by atomic mass is 19.2. The highest BCUT2D eigenvalue weighted by molar-refractivity contribution is 5.92. The Bertz CT molecular complexity index is 714. The Labute approximate surface area is 124 Å². The highest BCUT2D eigenvalue weighted by Crippen LogP contribution is 2.28. The van der Waals surface area contributed by atoms with Gasteiger partial charge in [0.25, 0.3) is 0 Å². The Hall–Kier alpha value is -2.38. The summed E-state index contributed by atoms with van der Waals surface area (Å²) in [4.78, 5) is 11.2. The van der Waals surface area contributed by atoms with Crippen molar-refractivity contribution in [3.05, 3.63) is 35.3 Å². The third kappa shape index (κ3) is 2.95. The molecular weight excluding hydrogens is 299 g/mol. The van der Waals surface area contributed by atoms with Crippen LogP contribution in [0.1, 0.15) is 30.8 Å². The maximum Gasteiger partial charge on any atom is 0.358 e. The first-order valence-electron chi connectivity index (χ1n) is 6.63. The summed E-state index contributed by atoms with van der Waals surface area (Å²) < 4.78 is 41.6. The van der Waals surface area contributed by atoms with Gasteiger partial charge in [0.1, 0.15) is 5.69 Å². The highest BCUT2D eigenvalue weighted by Gasteiger charge is 2.25. The fraction of sp³-hybridized carbons (Fsp3) is 0.357. The third-order valence-electron chi connectivity index (χ3n) is 3.15. The van der Waals surface area contributed by atoms with E-state index in [1.165, 1.54) is 4.68 Å². The van der Waals surface area contributed by atoms with Gasteiger partial charge in [-0.25, -0.2) is 22.6 Å². The molecule has 0 saturated carbocycles. The number of carboxylic acid groups (broad SMARTS) is 1. The predicted molar refractivity (Wildman–Crippen MR) is 71.7 cm³/mol. The van der Waals surface area contributed by atoms with Crippen molar-refractivity contribution in [1.29, 1.82) is 0 Å². The lowest BCUT2D eigenvalue weighted by Crippen LogP contribution is -2.09. The Morgan fingerprint density at radius 3 is 2.55 bits per heavy atom. The van der Waals surface area contributed by atoms with E-state index in [-0.39, 0.29) is 17.8 Å². The summed E-state index contributed by atoms with van der Waals surface area (Å²) in [6.45, 7) is 4.19. The zero-order chi connectivity index (χ0) is 16.4. The number of rotatable bonds is 5. The van der Waals surface area contributed by atoms with Crippen molar-refractivity contribution >= 4 is 5.97 Å². The van der Waals surface area contributed by atoms with E-state index in [1.54, 1.807) is 0 Å². The normalized spacial score (nSPS) is 11.2.